The molecule has 3 rings (SSSR count). The maximum Gasteiger partial charge on any atom is 0.223 e. The first-order valence-corrected chi connectivity index (χ1v) is 8.61. The summed E-state index contributed by atoms with van der Waals surface area (Å²) in [5, 5.41) is 16.5. The molecule has 1 aromatic heterocycles. The number of carbonyl (C=O) groups is 1. The summed E-state index contributed by atoms with van der Waals surface area (Å²) in [6.07, 6.45) is -0.0662. The maximum absolute atomic E-state index is 12.7. The number of fused-ring (bicyclic) bond motifs is 1. The molecule has 1 saturated heterocycles. The van der Waals surface area contributed by atoms with Crippen molar-refractivity contribution in [2.24, 2.45) is 5.92 Å². The zero-order chi connectivity index (χ0) is 18.1. The number of hydrogen-bond donors (Lipinski definition) is 3. The highest BCUT2D eigenvalue weighted by atomic mass is 16.3. The van der Waals surface area contributed by atoms with Crippen LogP contribution in [0.3, 0.4) is 0 Å². The molecule has 3 atom stereocenters. The lowest BCUT2D eigenvalue weighted by atomic mass is 9.83. The summed E-state index contributed by atoms with van der Waals surface area (Å²) in [6, 6.07) is 5.09. The lowest BCUT2D eigenvalue weighted by molar-refractivity contribution is -0.126. The smallest absolute Gasteiger partial charge is 0.223 e. The van der Waals surface area contributed by atoms with Crippen LogP contribution in [-0.2, 0) is 4.79 Å². The van der Waals surface area contributed by atoms with Crippen LogP contribution in [0, 0.1) is 12.8 Å². The number of rotatable bonds is 3. The van der Waals surface area contributed by atoms with Gasteiger partial charge in [0, 0.05) is 31.1 Å². The van der Waals surface area contributed by atoms with Crippen LogP contribution < -0.4 is 16.1 Å². The Morgan fingerprint density at radius 1 is 1.40 bits per heavy atom. The SMILES string of the molecule is CNC(=O)C1CCNCC1c1cc(=O)c2cc(C)cc(C(C)O)c2o1. The second-order valence-corrected chi connectivity index (χ2v) is 6.74. The Bertz CT molecular complexity index is 856. The van der Waals surface area contributed by atoms with Crippen LogP contribution in [0.25, 0.3) is 11.0 Å². The van der Waals surface area contributed by atoms with Crippen molar-refractivity contribution in [3.63, 3.8) is 0 Å². The van der Waals surface area contributed by atoms with Crippen molar-refractivity contribution >= 4 is 16.9 Å². The van der Waals surface area contributed by atoms with Gasteiger partial charge in [-0.05, 0) is 44.5 Å². The van der Waals surface area contributed by atoms with Crippen molar-refractivity contribution in [2.45, 2.75) is 32.3 Å². The molecule has 0 saturated carbocycles. The van der Waals surface area contributed by atoms with Crippen molar-refractivity contribution in [1.82, 2.24) is 10.6 Å². The maximum atomic E-state index is 12.7. The average Bonchev–Trinajstić information content (AvgIpc) is 2.60. The first-order chi connectivity index (χ1) is 11.9. The minimum absolute atomic E-state index is 0.0473. The molecule has 3 N–H and O–H groups in total. The first kappa shape index (κ1) is 17.6. The monoisotopic (exact) mass is 344 g/mol. The fourth-order valence-corrected chi connectivity index (χ4v) is 3.60. The quantitative estimate of drug-likeness (QED) is 0.786. The number of aryl methyl sites for hydroxylation is 1. The van der Waals surface area contributed by atoms with E-state index in [0.717, 1.165) is 12.1 Å². The molecule has 0 radical (unpaired) electrons. The largest absolute Gasteiger partial charge is 0.460 e. The molecular weight excluding hydrogens is 320 g/mol. The third-order valence-electron chi connectivity index (χ3n) is 4.90. The Labute approximate surface area is 146 Å². The van der Waals surface area contributed by atoms with Gasteiger partial charge in [0.15, 0.2) is 5.43 Å². The standard InChI is InChI=1S/C19H24N2O4/c1-10-6-13(11(2)22)18-14(7-10)16(23)8-17(25-18)15-9-21-5-4-12(15)19(24)20-3/h6-8,11-12,15,21-22H,4-5,9H2,1-3H3,(H,20,24). The average molecular weight is 344 g/mol. The fraction of sp³-hybridized carbons (Fsp3) is 0.474. The number of aliphatic hydroxyl groups is 1. The lowest BCUT2D eigenvalue weighted by Gasteiger charge is -2.30. The molecule has 6 nitrogen and oxygen atoms in total. The van der Waals surface area contributed by atoms with Gasteiger partial charge in [0.2, 0.25) is 5.91 Å². The van der Waals surface area contributed by atoms with E-state index in [1.807, 2.05) is 13.0 Å². The highest BCUT2D eigenvalue weighted by Gasteiger charge is 2.33. The predicted molar refractivity (Wildman–Crippen MR) is 95.6 cm³/mol. The summed E-state index contributed by atoms with van der Waals surface area (Å²) in [5.74, 6) is -0.0146. The molecule has 2 aromatic rings. The number of amides is 1. The zero-order valence-electron chi connectivity index (χ0n) is 14.8. The summed E-state index contributed by atoms with van der Waals surface area (Å²) in [4.78, 5) is 24.9. The van der Waals surface area contributed by atoms with E-state index in [9.17, 15) is 14.7 Å². The Balaban J connectivity index is 2.17. The van der Waals surface area contributed by atoms with Gasteiger partial charge in [0.05, 0.1) is 17.4 Å². The van der Waals surface area contributed by atoms with Crippen LogP contribution in [-0.4, -0.2) is 31.2 Å². The molecule has 1 aromatic carbocycles. The second-order valence-electron chi connectivity index (χ2n) is 6.74. The van der Waals surface area contributed by atoms with Crippen molar-refractivity contribution in [3.8, 4) is 0 Å². The van der Waals surface area contributed by atoms with E-state index < -0.39 is 6.10 Å². The number of benzene rings is 1. The Kier molecular flexibility index (Phi) is 4.92. The molecular formula is C19H24N2O4. The van der Waals surface area contributed by atoms with E-state index >= 15 is 0 Å². The molecule has 1 amide bonds. The molecule has 2 heterocycles. The van der Waals surface area contributed by atoms with Gasteiger partial charge in [-0.15, -0.1) is 0 Å². The van der Waals surface area contributed by atoms with Gasteiger partial charge in [-0.25, -0.2) is 0 Å². The zero-order valence-corrected chi connectivity index (χ0v) is 14.8. The molecule has 6 heteroatoms. The number of aliphatic hydroxyl groups excluding tert-OH is 1. The van der Waals surface area contributed by atoms with Crippen LogP contribution in [0.5, 0.6) is 0 Å². The summed E-state index contributed by atoms with van der Waals surface area (Å²) < 4.78 is 6.07. The first-order valence-electron chi connectivity index (χ1n) is 8.61. The van der Waals surface area contributed by atoms with Crippen molar-refractivity contribution in [1.29, 1.82) is 0 Å². The molecule has 1 fully saturated rings. The van der Waals surface area contributed by atoms with Gasteiger partial charge in [-0.1, -0.05) is 0 Å². The van der Waals surface area contributed by atoms with Crippen LogP contribution in [0.15, 0.2) is 27.4 Å². The van der Waals surface area contributed by atoms with E-state index in [4.69, 9.17) is 4.42 Å². The molecule has 3 unspecified atom stereocenters. The lowest BCUT2D eigenvalue weighted by Crippen LogP contribution is -2.42. The highest BCUT2D eigenvalue weighted by molar-refractivity contribution is 5.82. The highest BCUT2D eigenvalue weighted by Crippen LogP contribution is 2.32. The minimum atomic E-state index is -0.750. The van der Waals surface area contributed by atoms with E-state index in [1.165, 1.54) is 6.07 Å². The molecule has 134 valence electrons. The number of nitrogens with one attached hydrogen (secondary N) is 2. The molecule has 25 heavy (non-hydrogen) atoms. The molecule has 1 aliphatic heterocycles. The van der Waals surface area contributed by atoms with E-state index in [2.05, 4.69) is 10.6 Å². The third-order valence-corrected chi connectivity index (χ3v) is 4.90. The fourth-order valence-electron chi connectivity index (χ4n) is 3.60. The molecule has 0 aliphatic carbocycles. The van der Waals surface area contributed by atoms with E-state index in [0.29, 0.717) is 35.3 Å². The Hall–Kier alpha value is -2.18. The predicted octanol–water partition coefficient (Wildman–Crippen LogP) is 1.59. The van der Waals surface area contributed by atoms with E-state index in [1.54, 1.807) is 20.0 Å². The van der Waals surface area contributed by atoms with Crippen LogP contribution in [0.1, 0.15) is 42.3 Å². The third kappa shape index (κ3) is 3.32. The van der Waals surface area contributed by atoms with Crippen molar-refractivity contribution in [2.75, 3.05) is 20.1 Å². The Morgan fingerprint density at radius 3 is 2.84 bits per heavy atom. The van der Waals surface area contributed by atoms with Crippen LogP contribution in [0.4, 0.5) is 0 Å². The summed E-state index contributed by atoms with van der Waals surface area (Å²) in [7, 11) is 1.62. The van der Waals surface area contributed by atoms with Gasteiger partial charge in [-0.2, -0.15) is 0 Å². The summed E-state index contributed by atoms with van der Waals surface area (Å²) in [5.41, 5.74) is 1.74. The summed E-state index contributed by atoms with van der Waals surface area (Å²) in [6.45, 7) is 4.86. The minimum Gasteiger partial charge on any atom is -0.460 e. The number of piperidine rings is 1. The van der Waals surface area contributed by atoms with Crippen LogP contribution in [0.2, 0.25) is 0 Å². The van der Waals surface area contributed by atoms with Crippen LogP contribution >= 0.6 is 0 Å². The number of hydrogen-bond acceptors (Lipinski definition) is 5. The second kappa shape index (κ2) is 6.98. The van der Waals surface area contributed by atoms with Gasteiger partial charge in [-0.3, -0.25) is 9.59 Å². The topological polar surface area (TPSA) is 91.6 Å². The van der Waals surface area contributed by atoms with Gasteiger partial charge >= 0.3 is 0 Å². The van der Waals surface area contributed by atoms with E-state index in [-0.39, 0.29) is 23.2 Å². The number of carbonyl (C=O) groups excluding carboxylic acids is 1. The van der Waals surface area contributed by atoms with Crippen molar-refractivity contribution in [3.05, 3.63) is 45.3 Å². The normalized spacial score (nSPS) is 21.9. The van der Waals surface area contributed by atoms with Gasteiger partial charge in [0.25, 0.3) is 0 Å². The Morgan fingerprint density at radius 2 is 2.16 bits per heavy atom. The van der Waals surface area contributed by atoms with Crippen molar-refractivity contribution < 1.29 is 14.3 Å². The van der Waals surface area contributed by atoms with Gasteiger partial charge in [0.1, 0.15) is 11.3 Å². The molecule has 0 bridgehead atoms. The summed E-state index contributed by atoms with van der Waals surface area (Å²) >= 11 is 0. The molecule has 1 aliphatic rings. The molecule has 0 spiro atoms. The van der Waals surface area contributed by atoms with Gasteiger partial charge < -0.3 is 20.2 Å².